The van der Waals surface area contributed by atoms with Crippen LogP contribution in [0.2, 0.25) is 5.02 Å². The Morgan fingerprint density at radius 1 is 1.24 bits per heavy atom. The predicted octanol–water partition coefficient (Wildman–Crippen LogP) is 2.53. The summed E-state index contributed by atoms with van der Waals surface area (Å²) in [5, 5.41) is 16.1. The van der Waals surface area contributed by atoms with Gasteiger partial charge in [0, 0.05) is 11.6 Å². The second kappa shape index (κ2) is 10.3. The van der Waals surface area contributed by atoms with Crippen molar-refractivity contribution in [1.82, 2.24) is 5.32 Å². The minimum Gasteiger partial charge on any atom is -0.454 e. The first kappa shape index (κ1) is 24.6. The highest BCUT2D eigenvalue weighted by molar-refractivity contribution is 6.32. The average molecular weight is 489 g/mol. The van der Waals surface area contributed by atoms with E-state index in [1.165, 1.54) is 17.0 Å². The van der Waals surface area contributed by atoms with Crippen molar-refractivity contribution >= 4 is 52.4 Å². The Labute approximate surface area is 199 Å². The van der Waals surface area contributed by atoms with E-state index in [0.29, 0.717) is 11.4 Å². The number of benzene rings is 2. The van der Waals surface area contributed by atoms with Gasteiger partial charge in [-0.1, -0.05) is 37.6 Å². The summed E-state index contributed by atoms with van der Waals surface area (Å²) >= 11 is 5.77. The van der Waals surface area contributed by atoms with E-state index < -0.39 is 47.0 Å². The van der Waals surface area contributed by atoms with Crippen LogP contribution in [0.3, 0.4) is 0 Å². The number of nitro benzene ring substituents is 1. The number of hydrogen-bond donors (Lipinski definition) is 2. The quantitative estimate of drug-likeness (QED) is 0.345. The second-order valence-electron chi connectivity index (χ2n) is 7.77. The van der Waals surface area contributed by atoms with Crippen molar-refractivity contribution in [2.45, 2.75) is 19.9 Å². The first-order valence-electron chi connectivity index (χ1n) is 10.2. The van der Waals surface area contributed by atoms with Gasteiger partial charge in [0.25, 0.3) is 17.5 Å². The fraction of sp³-hybridized carbons (Fsp3) is 0.273. The standard InChI is InChI=1S/C22H21ClN4O7/c1-12(2)20(25-21(30)13-7-8-14(23)17(9-13)27(32)33)22(31)34-11-19(29)26-10-18(28)24-15-5-3-4-6-16(15)26/h3-9,12,20H,10-11H2,1-2H3,(H,24,28)(H,25,30). The van der Waals surface area contributed by atoms with Crippen LogP contribution in [-0.4, -0.2) is 47.8 Å². The second-order valence-corrected chi connectivity index (χ2v) is 8.18. The van der Waals surface area contributed by atoms with E-state index >= 15 is 0 Å². The summed E-state index contributed by atoms with van der Waals surface area (Å²) in [6.07, 6.45) is 0. The number of nitrogens with one attached hydrogen (secondary N) is 2. The third kappa shape index (κ3) is 5.49. The first-order chi connectivity index (χ1) is 16.1. The Kier molecular flexibility index (Phi) is 7.47. The molecule has 0 spiro atoms. The molecule has 3 rings (SSSR count). The number of carbonyl (C=O) groups excluding carboxylic acids is 4. The lowest BCUT2D eigenvalue weighted by atomic mass is 10.0. The molecule has 1 aliphatic heterocycles. The summed E-state index contributed by atoms with van der Waals surface area (Å²) in [6.45, 7) is 2.44. The fourth-order valence-electron chi connectivity index (χ4n) is 3.27. The van der Waals surface area contributed by atoms with Crippen LogP contribution >= 0.6 is 11.6 Å². The number of halogens is 1. The maximum Gasteiger partial charge on any atom is 0.329 e. The van der Waals surface area contributed by atoms with Crippen LogP contribution in [0.1, 0.15) is 24.2 Å². The van der Waals surface area contributed by atoms with Crippen LogP contribution in [0.25, 0.3) is 0 Å². The molecule has 34 heavy (non-hydrogen) atoms. The smallest absolute Gasteiger partial charge is 0.329 e. The SMILES string of the molecule is CC(C)C(NC(=O)c1ccc(Cl)c([N+](=O)[O-])c1)C(=O)OCC(=O)N1CC(=O)Nc2ccccc21. The Morgan fingerprint density at radius 2 is 1.94 bits per heavy atom. The minimum absolute atomic E-state index is 0.0680. The molecule has 3 amide bonds. The van der Waals surface area contributed by atoms with Crippen LogP contribution in [0.4, 0.5) is 17.1 Å². The number of anilines is 2. The zero-order chi connectivity index (χ0) is 25.0. The summed E-state index contributed by atoms with van der Waals surface area (Å²) in [4.78, 5) is 61.4. The van der Waals surface area contributed by atoms with Gasteiger partial charge in [0.1, 0.15) is 17.6 Å². The van der Waals surface area contributed by atoms with E-state index in [2.05, 4.69) is 10.6 Å². The molecule has 1 heterocycles. The molecule has 12 heteroatoms. The van der Waals surface area contributed by atoms with Crippen molar-refractivity contribution < 1.29 is 28.8 Å². The number of carbonyl (C=O) groups is 4. The molecule has 2 aromatic carbocycles. The van der Waals surface area contributed by atoms with Crippen LogP contribution < -0.4 is 15.5 Å². The van der Waals surface area contributed by atoms with Gasteiger partial charge in [-0.3, -0.25) is 29.4 Å². The zero-order valence-electron chi connectivity index (χ0n) is 18.2. The molecule has 0 aliphatic carbocycles. The number of nitrogens with zero attached hydrogens (tertiary/aromatic N) is 2. The minimum atomic E-state index is -1.13. The highest BCUT2D eigenvalue weighted by Crippen LogP contribution is 2.29. The molecule has 0 aromatic heterocycles. The third-order valence-corrected chi connectivity index (χ3v) is 5.34. The number of esters is 1. The van der Waals surface area contributed by atoms with E-state index in [1.54, 1.807) is 38.1 Å². The number of para-hydroxylation sites is 2. The molecule has 2 N–H and O–H groups in total. The number of fused-ring (bicyclic) bond motifs is 1. The van der Waals surface area contributed by atoms with Crippen molar-refractivity contribution in [3.63, 3.8) is 0 Å². The molecule has 1 unspecified atom stereocenters. The summed E-state index contributed by atoms with van der Waals surface area (Å²) in [5.74, 6) is -3.03. The lowest BCUT2D eigenvalue weighted by molar-refractivity contribution is -0.384. The van der Waals surface area contributed by atoms with Gasteiger partial charge in [0.05, 0.1) is 16.3 Å². The van der Waals surface area contributed by atoms with Crippen LogP contribution in [0.5, 0.6) is 0 Å². The van der Waals surface area contributed by atoms with E-state index in [9.17, 15) is 29.3 Å². The monoisotopic (exact) mass is 488 g/mol. The molecule has 2 aromatic rings. The van der Waals surface area contributed by atoms with Crippen molar-refractivity contribution in [1.29, 1.82) is 0 Å². The van der Waals surface area contributed by atoms with Crippen molar-refractivity contribution in [3.05, 3.63) is 63.2 Å². The Hall–Kier alpha value is -3.99. The molecule has 1 aliphatic rings. The Balaban J connectivity index is 1.67. The van der Waals surface area contributed by atoms with E-state index in [0.717, 1.165) is 6.07 Å². The molecule has 178 valence electrons. The molecule has 0 saturated carbocycles. The van der Waals surface area contributed by atoms with E-state index in [-0.39, 0.29) is 23.0 Å². The number of hydrogen-bond acceptors (Lipinski definition) is 7. The maximum absolute atomic E-state index is 12.7. The highest BCUT2D eigenvalue weighted by Gasteiger charge is 2.30. The molecular formula is C22H21ClN4O7. The average Bonchev–Trinajstić information content (AvgIpc) is 2.79. The fourth-order valence-corrected chi connectivity index (χ4v) is 3.46. The maximum atomic E-state index is 12.7. The molecule has 11 nitrogen and oxygen atoms in total. The van der Waals surface area contributed by atoms with E-state index in [4.69, 9.17) is 16.3 Å². The van der Waals surface area contributed by atoms with Gasteiger partial charge in [-0.15, -0.1) is 0 Å². The summed E-state index contributed by atoms with van der Waals surface area (Å²) in [6, 6.07) is 9.07. The lowest BCUT2D eigenvalue weighted by Gasteiger charge is -2.29. The molecule has 0 fully saturated rings. The van der Waals surface area contributed by atoms with Gasteiger partial charge in [0.2, 0.25) is 5.91 Å². The largest absolute Gasteiger partial charge is 0.454 e. The van der Waals surface area contributed by atoms with Gasteiger partial charge < -0.3 is 15.4 Å². The summed E-state index contributed by atoms with van der Waals surface area (Å²) < 4.78 is 5.14. The van der Waals surface area contributed by atoms with Crippen molar-refractivity contribution in [2.75, 3.05) is 23.4 Å². The number of ether oxygens (including phenoxy) is 1. The van der Waals surface area contributed by atoms with Crippen molar-refractivity contribution in [3.8, 4) is 0 Å². The highest BCUT2D eigenvalue weighted by atomic mass is 35.5. The zero-order valence-corrected chi connectivity index (χ0v) is 19.0. The van der Waals surface area contributed by atoms with Gasteiger partial charge in [-0.25, -0.2) is 4.79 Å². The van der Waals surface area contributed by atoms with Crippen LogP contribution in [0, 0.1) is 16.0 Å². The van der Waals surface area contributed by atoms with Gasteiger partial charge >= 0.3 is 5.97 Å². The number of rotatable bonds is 7. The van der Waals surface area contributed by atoms with Gasteiger partial charge in [-0.05, 0) is 30.2 Å². The molecule has 0 bridgehead atoms. The molecular weight excluding hydrogens is 468 g/mol. The Morgan fingerprint density at radius 3 is 2.62 bits per heavy atom. The Bertz CT molecular complexity index is 1170. The molecule has 1 atom stereocenters. The predicted molar refractivity (Wildman–Crippen MR) is 123 cm³/mol. The van der Waals surface area contributed by atoms with Gasteiger partial charge in [-0.2, -0.15) is 0 Å². The van der Waals surface area contributed by atoms with Crippen LogP contribution in [-0.2, 0) is 19.1 Å². The van der Waals surface area contributed by atoms with Gasteiger partial charge in [0.15, 0.2) is 6.61 Å². The van der Waals surface area contributed by atoms with Crippen molar-refractivity contribution in [2.24, 2.45) is 5.92 Å². The molecule has 0 radical (unpaired) electrons. The first-order valence-corrected chi connectivity index (χ1v) is 10.6. The third-order valence-electron chi connectivity index (χ3n) is 5.02. The van der Waals surface area contributed by atoms with E-state index in [1.807, 2.05) is 0 Å². The van der Waals surface area contributed by atoms with Crippen LogP contribution in [0.15, 0.2) is 42.5 Å². The topological polar surface area (TPSA) is 148 Å². The summed E-state index contributed by atoms with van der Waals surface area (Å²) in [7, 11) is 0. The molecule has 0 saturated heterocycles. The number of amides is 3. The number of nitro groups is 1. The summed E-state index contributed by atoms with van der Waals surface area (Å²) in [5.41, 5.74) is 0.417. The normalized spacial score (nSPS) is 13.5. The lowest BCUT2D eigenvalue weighted by Crippen LogP contribution is -2.47.